The summed E-state index contributed by atoms with van der Waals surface area (Å²) >= 11 is 0. The molecule has 1 aromatic rings. The SMILES string of the molecule is COCCOCCn1cc([N+](=O)[O-])c(=O)[nH]c1=O. The third-order valence-corrected chi connectivity index (χ3v) is 2.10. The van der Waals surface area contributed by atoms with Gasteiger partial charge in [0.25, 0.3) is 0 Å². The number of nitro groups is 1. The topological polar surface area (TPSA) is 116 Å². The molecule has 0 unspecified atom stereocenters. The molecule has 0 aliphatic heterocycles. The zero-order valence-corrected chi connectivity index (χ0v) is 9.75. The van der Waals surface area contributed by atoms with Crippen molar-refractivity contribution < 1.29 is 14.4 Å². The second kappa shape index (κ2) is 6.67. The minimum absolute atomic E-state index is 0.111. The zero-order chi connectivity index (χ0) is 13.5. The standard InChI is InChI=1S/C9H13N3O6/c1-17-4-5-18-3-2-11-6-7(12(15)16)8(13)10-9(11)14/h6H,2-5H2,1H3,(H,10,13,14). The molecule has 0 saturated heterocycles. The quantitative estimate of drug-likeness (QED) is 0.385. The van der Waals surface area contributed by atoms with Crippen molar-refractivity contribution >= 4 is 5.69 Å². The fourth-order valence-corrected chi connectivity index (χ4v) is 1.20. The van der Waals surface area contributed by atoms with Gasteiger partial charge in [0.1, 0.15) is 0 Å². The predicted octanol–water partition coefficient (Wildman–Crippen LogP) is -0.892. The molecule has 0 atom stereocenters. The maximum absolute atomic E-state index is 11.3. The van der Waals surface area contributed by atoms with Crippen molar-refractivity contribution in [3.8, 4) is 0 Å². The highest BCUT2D eigenvalue weighted by molar-refractivity contribution is 5.20. The second-order valence-corrected chi connectivity index (χ2v) is 3.33. The molecule has 0 radical (unpaired) electrons. The first-order valence-corrected chi connectivity index (χ1v) is 5.11. The first-order valence-electron chi connectivity index (χ1n) is 5.11. The molecule has 18 heavy (non-hydrogen) atoms. The fourth-order valence-electron chi connectivity index (χ4n) is 1.20. The lowest BCUT2D eigenvalue weighted by Gasteiger charge is -2.05. The summed E-state index contributed by atoms with van der Waals surface area (Å²) in [6.07, 6.45) is 0.904. The summed E-state index contributed by atoms with van der Waals surface area (Å²) in [4.78, 5) is 34.0. The van der Waals surface area contributed by atoms with Gasteiger partial charge in [-0.05, 0) is 0 Å². The summed E-state index contributed by atoms with van der Waals surface area (Å²) in [7, 11) is 1.53. The van der Waals surface area contributed by atoms with Gasteiger partial charge in [0.05, 0.1) is 37.5 Å². The number of H-pyrrole nitrogens is 1. The van der Waals surface area contributed by atoms with Crippen molar-refractivity contribution in [2.24, 2.45) is 0 Å². The molecule has 1 heterocycles. The maximum Gasteiger partial charge on any atom is 0.350 e. The van der Waals surface area contributed by atoms with Gasteiger partial charge in [0, 0.05) is 7.11 Å². The average molecular weight is 259 g/mol. The van der Waals surface area contributed by atoms with E-state index in [0.29, 0.717) is 13.2 Å². The van der Waals surface area contributed by atoms with E-state index in [4.69, 9.17) is 9.47 Å². The summed E-state index contributed by atoms with van der Waals surface area (Å²) in [5.41, 5.74) is -2.39. The number of rotatable bonds is 7. The third kappa shape index (κ3) is 3.79. The minimum atomic E-state index is -1.01. The van der Waals surface area contributed by atoms with Crippen LogP contribution in [0.15, 0.2) is 15.8 Å². The monoisotopic (exact) mass is 259 g/mol. The largest absolute Gasteiger partial charge is 0.382 e. The van der Waals surface area contributed by atoms with Gasteiger partial charge in [-0.25, -0.2) is 4.79 Å². The first-order chi connectivity index (χ1) is 8.56. The Morgan fingerprint density at radius 2 is 2.11 bits per heavy atom. The van der Waals surface area contributed by atoms with Gasteiger partial charge in [-0.2, -0.15) is 0 Å². The van der Waals surface area contributed by atoms with E-state index >= 15 is 0 Å². The molecular formula is C9H13N3O6. The fraction of sp³-hybridized carbons (Fsp3) is 0.556. The van der Waals surface area contributed by atoms with Crippen molar-refractivity contribution in [1.82, 2.24) is 9.55 Å². The summed E-state index contributed by atoms with van der Waals surface area (Å²) in [6, 6.07) is 0. The Labute approximate surface area is 101 Å². The predicted molar refractivity (Wildman–Crippen MR) is 60.7 cm³/mol. The number of nitrogens with one attached hydrogen (secondary N) is 1. The highest BCUT2D eigenvalue weighted by Gasteiger charge is 2.14. The van der Waals surface area contributed by atoms with Crippen LogP contribution in [-0.2, 0) is 16.0 Å². The van der Waals surface area contributed by atoms with E-state index in [9.17, 15) is 19.7 Å². The Balaban J connectivity index is 2.71. The van der Waals surface area contributed by atoms with Crippen LogP contribution >= 0.6 is 0 Å². The molecule has 0 spiro atoms. The van der Waals surface area contributed by atoms with Crippen LogP contribution in [0.2, 0.25) is 0 Å². The van der Waals surface area contributed by atoms with Gasteiger partial charge in [-0.15, -0.1) is 0 Å². The number of methoxy groups -OCH3 is 1. The minimum Gasteiger partial charge on any atom is -0.382 e. The van der Waals surface area contributed by atoms with Crippen molar-refractivity contribution in [1.29, 1.82) is 0 Å². The van der Waals surface area contributed by atoms with E-state index in [1.807, 2.05) is 4.98 Å². The van der Waals surface area contributed by atoms with Gasteiger partial charge >= 0.3 is 16.9 Å². The molecule has 0 aromatic carbocycles. The molecule has 0 fully saturated rings. The normalized spacial score (nSPS) is 10.5. The van der Waals surface area contributed by atoms with Crippen LogP contribution in [0.4, 0.5) is 5.69 Å². The highest BCUT2D eigenvalue weighted by atomic mass is 16.6. The summed E-state index contributed by atoms with van der Waals surface area (Å²) < 4.78 is 10.9. The Kier molecular flexibility index (Phi) is 5.21. The lowest BCUT2D eigenvalue weighted by atomic mass is 10.5. The van der Waals surface area contributed by atoms with Crippen molar-refractivity contribution in [3.05, 3.63) is 37.1 Å². The number of aromatic nitrogens is 2. The molecule has 0 aliphatic rings. The Morgan fingerprint density at radius 1 is 1.39 bits per heavy atom. The summed E-state index contributed by atoms with van der Waals surface area (Å²) in [5, 5.41) is 10.5. The summed E-state index contributed by atoms with van der Waals surface area (Å²) in [6.45, 7) is 1.07. The van der Waals surface area contributed by atoms with Crippen LogP contribution in [-0.4, -0.2) is 41.4 Å². The van der Waals surface area contributed by atoms with Gasteiger partial charge in [0.15, 0.2) is 0 Å². The lowest BCUT2D eigenvalue weighted by Crippen LogP contribution is -2.31. The van der Waals surface area contributed by atoms with Crippen molar-refractivity contribution in [3.63, 3.8) is 0 Å². The van der Waals surface area contributed by atoms with Gasteiger partial charge in [-0.3, -0.25) is 24.5 Å². The van der Waals surface area contributed by atoms with Gasteiger partial charge < -0.3 is 9.47 Å². The zero-order valence-electron chi connectivity index (χ0n) is 9.75. The van der Waals surface area contributed by atoms with Crippen molar-refractivity contribution in [2.45, 2.75) is 6.54 Å². The van der Waals surface area contributed by atoms with Gasteiger partial charge in [-0.1, -0.05) is 0 Å². The van der Waals surface area contributed by atoms with Crippen LogP contribution in [0.3, 0.4) is 0 Å². The van der Waals surface area contributed by atoms with E-state index in [-0.39, 0.29) is 13.2 Å². The van der Waals surface area contributed by atoms with Gasteiger partial charge in [0.2, 0.25) is 0 Å². The van der Waals surface area contributed by atoms with E-state index in [0.717, 1.165) is 10.8 Å². The average Bonchev–Trinajstić information content (AvgIpc) is 2.30. The number of ether oxygens (including phenoxy) is 2. The molecule has 0 amide bonds. The summed E-state index contributed by atoms with van der Waals surface area (Å²) in [5.74, 6) is 0. The van der Waals surface area contributed by atoms with Crippen LogP contribution < -0.4 is 11.2 Å². The van der Waals surface area contributed by atoms with Crippen LogP contribution in [0.5, 0.6) is 0 Å². The molecule has 9 nitrogen and oxygen atoms in total. The first kappa shape index (κ1) is 14.1. The third-order valence-electron chi connectivity index (χ3n) is 2.10. The molecular weight excluding hydrogens is 246 g/mol. The van der Waals surface area contributed by atoms with E-state index in [2.05, 4.69) is 0 Å². The lowest BCUT2D eigenvalue weighted by molar-refractivity contribution is -0.386. The van der Waals surface area contributed by atoms with Crippen molar-refractivity contribution in [2.75, 3.05) is 26.9 Å². The smallest absolute Gasteiger partial charge is 0.350 e. The number of nitrogens with zero attached hydrogens (tertiary/aromatic N) is 2. The molecule has 1 rings (SSSR count). The molecule has 100 valence electrons. The highest BCUT2D eigenvalue weighted by Crippen LogP contribution is 1.98. The Bertz CT molecular complexity index is 520. The Morgan fingerprint density at radius 3 is 2.72 bits per heavy atom. The molecule has 0 saturated carbocycles. The van der Waals surface area contributed by atoms with Crippen LogP contribution in [0.25, 0.3) is 0 Å². The number of hydrogen-bond acceptors (Lipinski definition) is 6. The maximum atomic E-state index is 11.3. The molecule has 1 aromatic heterocycles. The Hall–Kier alpha value is -2.00. The molecule has 9 heteroatoms. The van der Waals surface area contributed by atoms with Crippen LogP contribution in [0, 0.1) is 10.1 Å². The molecule has 0 bridgehead atoms. The molecule has 1 N–H and O–H groups in total. The van der Waals surface area contributed by atoms with E-state index in [1.54, 1.807) is 0 Å². The number of hydrogen-bond donors (Lipinski definition) is 1. The molecule has 0 aliphatic carbocycles. The van der Waals surface area contributed by atoms with Crippen LogP contribution in [0.1, 0.15) is 0 Å². The van der Waals surface area contributed by atoms with E-state index in [1.165, 1.54) is 7.11 Å². The van der Waals surface area contributed by atoms with E-state index < -0.39 is 21.9 Å². The second-order valence-electron chi connectivity index (χ2n) is 3.33. The number of aromatic amines is 1.